The minimum atomic E-state index is -0.283. The molecule has 142 valence electrons. The van der Waals surface area contributed by atoms with Gasteiger partial charge in [-0.15, -0.1) is 0 Å². The van der Waals surface area contributed by atoms with Gasteiger partial charge in [0.25, 0.3) is 0 Å². The van der Waals surface area contributed by atoms with Crippen LogP contribution in [0.3, 0.4) is 0 Å². The minimum absolute atomic E-state index is 0.0130. The Labute approximate surface area is 163 Å². The van der Waals surface area contributed by atoms with Crippen molar-refractivity contribution in [3.8, 4) is 0 Å². The third-order valence-corrected chi connectivity index (χ3v) is 5.21. The number of hydrogen-bond donors (Lipinski definition) is 0. The van der Waals surface area contributed by atoms with Crippen molar-refractivity contribution in [1.82, 2.24) is 4.90 Å². The van der Waals surface area contributed by atoms with Crippen molar-refractivity contribution in [3.63, 3.8) is 0 Å². The third kappa shape index (κ3) is 4.28. The number of halogens is 1. The van der Waals surface area contributed by atoms with Crippen molar-refractivity contribution in [2.45, 2.75) is 38.3 Å². The number of carbonyl (C=O) groups is 2. The summed E-state index contributed by atoms with van der Waals surface area (Å²) in [6.07, 6.45) is 2.38. The zero-order valence-corrected chi connectivity index (χ0v) is 15.6. The van der Waals surface area contributed by atoms with E-state index in [1.165, 1.54) is 12.1 Å². The van der Waals surface area contributed by atoms with Gasteiger partial charge in [-0.2, -0.15) is 0 Å². The van der Waals surface area contributed by atoms with Gasteiger partial charge in [0, 0.05) is 31.0 Å². The van der Waals surface area contributed by atoms with Crippen molar-refractivity contribution in [3.05, 3.63) is 83.7 Å². The topological polar surface area (TPSA) is 37.4 Å². The quantitative estimate of drug-likeness (QED) is 0.537. The van der Waals surface area contributed by atoms with Gasteiger partial charge in [-0.3, -0.25) is 9.59 Å². The van der Waals surface area contributed by atoms with Crippen LogP contribution in [0.2, 0.25) is 0 Å². The SMILES string of the molecule is O=C(CCC(=O)N(Cc1ccc(F)cc1)C1CC1)c1ccc2ccccc2c1. The molecule has 28 heavy (non-hydrogen) atoms. The molecule has 3 aromatic carbocycles. The largest absolute Gasteiger partial charge is 0.335 e. The molecule has 1 fully saturated rings. The molecule has 0 aliphatic heterocycles. The van der Waals surface area contributed by atoms with Crippen LogP contribution >= 0.6 is 0 Å². The van der Waals surface area contributed by atoms with Gasteiger partial charge in [0.05, 0.1) is 0 Å². The van der Waals surface area contributed by atoms with Crippen LogP contribution in [0.4, 0.5) is 4.39 Å². The molecule has 0 N–H and O–H groups in total. The predicted molar refractivity (Wildman–Crippen MR) is 107 cm³/mol. The van der Waals surface area contributed by atoms with Gasteiger partial charge in [0.1, 0.15) is 5.82 Å². The molecule has 1 amide bonds. The third-order valence-electron chi connectivity index (χ3n) is 5.21. The first kappa shape index (κ1) is 18.4. The molecule has 1 saturated carbocycles. The first-order valence-corrected chi connectivity index (χ1v) is 9.66. The molecule has 0 atom stereocenters. The first-order chi connectivity index (χ1) is 13.6. The van der Waals surface area contributed by atoms with Crippen LogP contribution in [0.5, 0.6) is 0 Å². The molecule has 0 saturated heterocycles. The van der Waals surface area contributed by atoms with E-state index in [9.17, 15) is 14.0 Å². The molecule has 0 unspecified atom stereocenters. The van der Waals surface area contributed by atoms with Crippen molar-refractivity contribution >= 4 is 22.5 Å². The zero-order valence-electron chi connectivity index (χ0n) is 15.6. The van der Waals surface area contributed by atoms with Crippen molar-refractivity contribution < 1.29 is 14.0 Å². The van der Waals surface area contributed by atoms with Crippen molar-refractivity contribution in [1.29, 1.82) is 0 Å². The van der Waals surface area contributed by atoms with Gasteiger partial charge in [-0.25, -0.2) is 4.39 Å². The number of benzene rings is 3. The van der Waals surface area contributed by atoms with Crippen molar-refractivity contribution in [2.75, 3.05) is 0 Å². The van der Waals surface area contributed by atoms with Crippen molar-refractivity contribution in [2.24, 2.45) is 0 Å². The molecular formula is C24H22FNO2. The van der Waals surface area contributed by atoms with Crippen LogP contribution in [0, 0.1) is 5.82 Å². The number of amides is 1. The maximum absolute atomic E-state index is 13.1. The lowest BCUT2D eigenvalue weighted by Gasteiger charge is -2.22. The fraction of sp³-hybridized carbons (Fsp3) is 0.250. The van der Waals surface area contributed by atoms with E-state index < -0.39 is 0 Å². The van der Waals surface area contributed by atoms with E-state index in [-0.39, 0.29) is 36.4 Å². The van der Waals surface area contributed by atoms with E-state index in [1.807, 2.05) is 47.4 Å². The lowest BCUT2D eigenvalue weighted by atomic mass is 10.0. The second-order valence-electron chi connectivity index (χ2n) is 7.36. The van der Waals surface area contributed by atoms with E-state index in [1.54, 1.807) is 12.1 Å². The van der Waals surface area contributed by atoms with Gasteiger partial charge in [0.2, 0.25) is 5.91 Å². The molecule has 0 spiro atoms. The normalized spacial score (nSPS) is 13.5. The standard InChI is InChI=1S/C24H22FNO2/c25-21-9-5-17(6-10-21)16-26(22-11-12-22)24(28)14-13-23(27)20-8-7-18-3-1-2-4-19(18)15-20/h1-10,15,22H,11-14,16H2. The lowest BCUT2D eigenvalue weighted by Crippen LogP contribution is -2.32. The van der Waals surface area contributed by atoms with Gasteiger partial charge < -0.3 is 4.90 Å². The average molecular weight is 375 g/mol. The number of rotatable bonds is 7. The summed E-state index contributed by atoms with van der Waals surface area (Å²) in [5.41, 5.74) is 1.55. The minimum Gasteiger partial charge on any atom is -0.335 e. The summed E-state index contributed by atoms with van der Waals surface area (Å²) < 4.78 is 13.1. The molecule has 4 rings (SSSR count). The molecule has 3 nitrogen and oxygen atoms in total. The van der Waals surface area contributed by atoms with E-state index in [2.05, 4.69) is 0 Å². The lowest BCUT2D eigenvalue weighted by molar-refractivity contribution is -0.132. The highest BCUT2D eigenvalue weighted by atomic mass is 19.1. The number of nitrogens with zero attached hydrogens (tertiary/aromatic N) is 1. The van der Waals surface area contributed by atoms with Crippen LogP contribution in [-0.2, 0) is 11.3 Å². The van der Waals surface area contributed by atoms with E-state index in [0.717, 1.165) is 29.2 Å². The molecule has 3 aromatic rings. The molecule has 1 aliphatic carbocycles. The molecule has 1 aliphatic rings. The summed E-state index contributed by atoms with van der Waals surface area (Å²) in [4.78, 5) is 27.2. The Morgan fingerprint density at radius 1 is 0.893 bits per heavy atom. The number of fused-ring (bicyclic) bond motifs is 1. The van der Waals surface area contributed by atoms with Crippen LogP contribution in [-0.4, -0.2) is 22.6 Å². The van der Waals surface area contributed by atoms with Crippen LogP contribution < -0.4 is 0 Å². The maximum Gasteiger partial charge on any atom is 0.223 e. The van der Waals surface area contributed by atoms with E-state index in [0.29, 0.717) is 12.1 Å². The monoisotopic (exact) mass is 375 g/mol. The first-order valence-electron chi connectivity index (χ1n) is 9.66. The van der Waals surface area contributed by atoms with Gasteiger partial charge in [-0.05, 0) is 47.4 Å². The molecule has 4 heteroatoms. The van der Waals surface area contributed by atoms with Gasteiger partial charge in [-0.1, -0.05) is 48.5 Å². The predicted octanol–water partition coefficient (Wildman–Crippen LogP) is 5.13. The summed E-state index contributed by atoms with van der Waals surface area (Å²) in [5.74, 6) is -0.313. The second-order valence-corrected chi connectivity index (χ2v) is 7.36. The number of Topliss-reactive ketones (excluding diaryl/α,β-unsaturated/α-hetero) is 1. The second kappa shape index (κ2) is 7.93. The number of hydrogen-bond acceptors (Lipinski definition) is 2. The van der Waals surface area contributed by atoms with Crippen LogP contribution in [0.25, 0.3) is 10.8 Å². The average Bonchev–Trinajstić information content (AvgIpc) is 3.56. The Morgan fingerprint density at radius 2 is 1.61 bits per heavy atom. The van der Waals surface area contributed by atoms with Gasteiger partial charge in [0.15, 0.2) is 5.78 Å². The molecule has 0 radical (unpaired) electrons. The van der Waals surface area contributed by atoms with E-state index in [4.69, 9.17) is 0 Å². The Morgan fingerprint density at radius 3 is 2.32 bits per heavy atom. The Kier molecular flexibility index (Phi) is 5.20. The summed E-state index contributed by atoms with van der Waals surface area (Å²) in [7, 11) is 0. The molecular weight excluding hydrogens is 353 g/mol. The zero-order chi connectivity index (χ0) is 19.5. The summed E-state index contributed by atoms with van der Waals surface area (Å²) in [6, 6.07) is 20.0. The molecule has 0 heterocycles. The highest BCUT2D eigenvalue weighted by molar-refractivity contribution is 6.01. The molecule has 0 aromatic heterocycles. The number of carbonyl (C=O) groups excluding carboxylic acids is 2. The van der Waals surface area contributed by atoms with Crippen LogP contribution in [0.1, 0.15) is 41.6 Å². The Hall–Kier alpha value is -3.01. The van der Waals surface area contributed by atoms with Crippen LogP contribution in [0.15, 0.2) is 66.7 Å². The highest BCUT2D eigenvalue weighted by Crippen LogP contribution is 2.29. The smallest absolute Gasteiger partial charge is 0.223 e. The summed E-state index contributed by atoms with van der Waals surface area (Å²) in [6.45, 7) is 0.466. The van der Waals surface area contributed by atoms with E-state index >= 15 is 0 Å². The fourth-order valence-corrected chi connectivity index (χ4v) is 3.46. The van der Waals surface area contributed by atoms with Gasteiger partial charge >= 0.3 is 0 Å². The number of ketones is 1. The maximum atomic E-state index is 13.1. The Bertz CT molecular complexity index is 1010. The summed E-state index contributed by atoms with van der Waals surface area (Å²) >= 11 is 0. The highest BCUT2D eigenvalue weighted by Gasteiger charge is 2.32. The summed E-state index contributed by atoms with van der Waals surface area (Å²) in [5, 5.41) is 2.12. The molecule has 0 bridgehead atoms. The fourth-order valence-electron chi connectivity index (χ4n) is 3.46. The Balaban J connectivity index is 1.39.